The van der Waals surface area contributed by atoms with Gasteiger partial charge in [-0.15, -0.1) is 0 Å². The molecule has 1 fully saturated rings. The minimum Gasteiger partial charge on any atom is -0.492 e. The first-order valence-electron chi connectivity index (χ1n) is 13.1. The quantitative estimate of drug-likeness (QED) is 0.352. The smallest absolute Gasteiger partial charge is 0.135 e. The maximum atomic E-state index is 15.7. The van der Waals surface area contributed by atoms with Crippen LogP contribution in [0.1, 0.15) is 57.0 Å². The Kier molecular flexibility index (Phi) is 7.00. The molecule has 1 saturated heterocycles. The highest BCUT2D eigenvalue weighted by atomic mass is 19.1. The number of fused-ring (bicyclic) bond motifs is 3. The molecule has 2 atom stereocenters. The van der Waals surface area contributed by atoms with Crippen molar-refractivity contribution in [3.63, 3.8) is 0 Å². The van der Waals surface area contributed by atoms with Crippen LogP contribution in [0.3, 0.4) is 0 Å². The van der Waals surface area contributed by atoms with Crippen LogP contribution in [0, 0.1) is 23.4 Å². The molecule has 1 aromatic heterocycles. The third-order valence-corrected chi connectivity index (χ3v) is 7.74. The van der Waals surface area contributed by atoms with Crippen molar-refractivity contribution in [3.8, 4) is 5.75 Å². The Morgan fingerprint density at radius 3 is 2.43 bits per heavy atom. The van der Waals surface area contributed by atoms with E-state index in [1.165, 1.54) is 38.1 Å². The molecule has 3 aromatic rings. The number of nitrogens with one attached hydrogen (secondary N) is 1. The Morgan fingerprint density at radius 1 is 1.08 bits per heavy atom. The largest absolute Gasteiger partial charge is 0.492 e. The van der Waals surface area contributed by atoms with E-state index in [1.54, 1.807) is 11.0 Å². The average molecular weight is 518 g/mol. The van der Waals surface area contributed by atoms with Crippen LogP contribution >= 0.6 is 0 Å². The van der Waals surface area contributed by atoms with Crippen molar-refractivity contribution < 1.29 is 22.3 Å². The van der Waals surface area contributed by atoms with Gasteiger partial charge in [0.05, 0.1) is 6.04 Å². The lowest BCUT2D eigenvalue weighted by Gasteiger charge is -2.43. The molecule has 2 aliphatic rings. The SMILES string of the molecule is CCC1CN(CCOc2cc(F)c([C@@H]3c4[nH]c5ccc(F)cc5c4C[C@@H](C)N3CC(C)(C)F)c(F)c2)C1. The zero-order valence-electron chi connectivity index (χ0n) is 21.9. The predicted molar refractivity (Wildman–Crippen MR) is 137 cm³/mol. The van der Waals surface area contributed by atoms with Crippen molar-refractivity contribution in [2.75, 3.05) is 32.8 Å². The maximum Gasteiger partial charge on any atom is 0.135 e. The summed E-state index contributed by atoms with van der Waals surface area (Å²) >= 11 is 0. The van der Waals surface area contributed by atoms with Gasteiger partial charge in [0.2, 0.25) is 0 Å². The normalized spacial score (nSPS) is 21.3. The zero-order chi connectivity index (χ0) is 26.5. The van der Waals surface area contributed by atoms with Crippen molar-refractivity contribution >= 4 is 10.9 Å². The van der Waals surface area contributed by atoms with E-state index >= 15 is 8.78 Å². The summed E-state index contributed by atoms with van der Waals surface area (Å²) in [5.74, 6) is -1.03. The monoisotopic (exact) mass is 517 g/mol. The molecule has 1 N–H and O–H groups in total. The summed E-state index contributed by atoms with van der Waals surface area (Å²) in [5.41, 5.74) is 0.301. The van der Waals surface area contributed by atoms with E-state index in [4.69, 9.17) is 4.74 Å². The lowest BCUT2D eigenvalue weighted by atomic mass is 9.87. The molecule has 37 heavy (non-hydrogen) atoms. The highest BCUT2D eigenvalue weighted by Crippen LogP contribution is 2.44. The van der Waals surface area contributed by atoms with Gasteiger partial charge < -0.3 is 9.72 Å². The van der Waals surface area contributed by atoms with Gasteiger partial charge in [-0.3, -0.25) is 9.80 Å². The van der Waals surface area contributed by atoms with E-state index in [0.29, 0.717) is 36.2 Å². The van der Waals surface area contributed by atoms with Gasteiger partial charge in [-0.1, -0.05) is 13.3 Å². The molecular formula is C29H35F4N3O. The molecule has 0 unspecified atom stereocenters. The molecule has 200 valence electrons. The number of halogens is 4. The van der Waals surface area contributed by atoms with Crippen molar-refractivity contribution in [3.05, 3.63) is 64.6 Å². The first kappa shape index (κ1) is 26.0. The number of aromatic amines is 1. The Morgan fingerprint density at radius 2 is 1.78 bits per heavy atom. The number of likely N-dealkylation sites (tertiary alicyclic amines) is 1. The van der Waals surface area contributed by atoms with E-state index in [9.17, 15) is 8.78 Å². The number of alkyl halides is 1. The fraction of sp³-hybridized carbons (Fsp3) is 0.517. The number of aromatic nitrogens is 1. The van der Waals surface area contributed by atoms with Gasteiger partial charge in [0.25, 0.3) is 0 Å². The van der Waals surface area contributed by atoms with Crippen LogP contribution in [-0.2, 0) is 6.42 Å². The summed E-state index contributed by atoms with van der Waals surface area (Å²) in [4.78, 5) is 7.32. The van der Waals surface area contributed by atoms with Crippen molar-refractivity contribution in [2.24, 2.45) is 5.92 Å². The van der Waals surface area contributed by atoms with Gasteiger partial charge in [0.15, 0.2) is 0 Å². The fourth-order valence-electron chi connectivity index (χ4n) is 5.83. The average Bonchev–Trinajstić information content (AvgIpc) is 3.13. The third-order valence-electron chi connectivity index (χ3n) is 7.74. The number of rotatable bonds is 8. The van der Waals surface area contributed by atoms with Gasteiger partial charge in [-0.25, -0.2) is 17.6 Å². The highest BCUT2D eigenvalue weighted by molar-refractivity contribution is 5.85. The molecule has 5 rings (SSSR count). The van der Waals surface area contributed by atoms with Crippen LogP contribution in [0.4, 0.5) is 17.6 Å². The Labute approximate surface area is 215 Å². The molecular weight excluding hydrogens is 482 g/mol. The van der Waals surface area contributed by atoms with Gasteiger partial charge >= 0.3 is 0 Å². The van der Waals surface area contributed by atoms with Gasteiger partial charge in [0.1, 0.15) is 35.5 Å². The summed E-state index contributed by atoms with van der Waals surface area (Å²) in [6, 6.07) is 5.71. The zero-order valence-corrected chi connectivity index (χ0v) is 21.9. The molecule has 4 nitrogen and oxygen atoms in total. The summed E-state index contributed by atoms with van der Waals surface area (Å²) in [6.45, 7) is 10.1. The molecule has 0 spiro atoms. The summed E-state index contributed by atoms with van der Waals surface area (Å²) in [6.07, 6.45) is 1.66. The topological polar surface area (TPSA) is 31.5 Å². The van der Waals surface area contributed by atoms with Crippen LogP contribution in [0.15, 0.2) is 30.3 Å². The molecule has 3 heterocycles. The molecule has 0 amide bonds. The number of H-pyrrole nitrogens is 1. The summed E-state index contributed by atoms with van der Waals surface area (Å²) in [7, 11) is 0. The number of hydrogen-bond donors (Lipinski definition) is 1. The second-order valence-corrected chi connectivity index (χ2v) is 11.2. The molecule has 2 aliphatic heterocycles. The fourth-order valence-corrected chi connectivity index (χ4v) is 5.83. The lowest BCUT2D eigenvalue weighted by molar-refractivity contribution is 0.0641. The summed E-state index contributed by atoms with van der Waals surface area (Å²) < 4.78 is 66.0. The van der Waals surface area contributed by atoms with Crippen LogP contribution in [0.2, 0.25) is 0 Å². The van der Waals surface area contributed by atoms with E-state index in [-0.39, 0.29) is 29.7 Å². The Hall–Kier alpha value is -2.58. The second-order valence-electron chi connectivity index (χ2n) is 11.2. The van der Waals surface area contributed by atoms with Crippen molar-refractivity contribution in [1.29, 1.82) is 0 Å². The van der Waals surface area contributed by atoms with Crippen LogP contribution in [0.25, 0.3) is 10.9 Å². The van der Waals surface area contributed by atoms with Gasteiger partial charge in [-0.2, -0.15) is 0 Å². The van der Waals surface area contributed by atoms with Crippen LogP contribution < -0.4 is 4.74 Å². The number of benzene rings is 2. The molecule has 0 aliphatic carbocycles. The molecule has 0 bridgehead atoms. The number of ether oxygens (including phenoxy) is 1. The third kappa shape index (κ3) is 5.23. The number of nitrogens with zero attached hydrogens (tertiary/aromatic N) is 2. The van der Waals surface area contributed by atoms with Gasteiger partial charge in [-0.05, 0) is 56.9 Å². The first-order chi connectivity index (χ1) is 17.5. The van der Waals surface area contributed by atoms with E-state index in [0.717, 1.165) is 31.0 Å². The standard InChI is InChI=1S/C29H35F4N3O/c1-5-18-14-35(15-18)8-9-37-20-12-23(31)26(24(32)13-20)28-27-22(10-17(2)36(28)16-29(3,4)33)21-11-19(30)6-7-25(21)34-27/h6-7,11-13,17-18,28,34H,5,8-10,14-16H2,1-4H3/t17-,28-/m1/s1. The molecule has 2 aromatic carbocycles. The lowest BCUT2D eigenvalue weighted by Crippen LogP contribution is -2.48. The Bertz CT molecular complexity index is 1260. The van der Waals surface area contributed by atoms with Gasteiger partial charge in [0, 0.05) is 66.5 Å². The first-order valence-corrected chi connectivity index (χ1v) is 13.1. The minimum absolute atomic E-state index is 0.0201. The van der Waals surface area contributed by atoms with Crippen molar-refractivity contribution in [1.82, 2.24) is 14.8 Å². The van der Waals surface area contributed by atoms with Crippen LogP contribution in [0.5, 0.6) is 5.75 Å². The van der Waals surface area contributed by atoms with E-state index < -0.39 is 23.3 Å². The van der Waals surface area contributed by atoms with Crippen molar-refractivity contribution in [2.45, 2.75) is 58.3 Å². The van der Waals surface area contributed by atoms with E-state index in [2.05, 4.69) is 16.8 Å². The maximum absolute atomic E-state index is 15.7. The summed E-state index contributed by atoms with van der Waals surface area (Å²) in [5, 5.41) is 0.683. The second kappa shape index (κ2) is 9.95. The number of hydrogen-bond acceptors (Lipinski definition) is 3. The van der Waals surface area contributed by atoms with Crippen LogP contribution in [-0.4, -0.2) is 59.3 Å². The molecule has 8 heteroatoms. The Balaban J connectivity index is 1.48. The molecule has 0 radical (unpaired) electrons. The highest BCUT2D eigenvalue weighted by Gasteiger charge is 2.41. The minimum atomic E-state index is -1.59. The van der Waals surface area contributed by atoms with E-state index in [1.807, 2.05) is 6.92 Å². The predicted octanol–water partition coefficient (Wildman–Crippen LogP) is 6.39. The molecule has 0 saturated carbocycles.